The number of piperidine rings is 1. The number of carbonyl (C=O) groups is 1. The fourth-order valence-corrected chi connectivity index (χ4v) is 4.86. The SMILES string of the molecule is Nc1c(F)c(F)c(F)c(F)c1C(=O)N1CCC(c2ccnc3nc(C4CCOCC4)[nH]c23)CC1. The van der Waals surface area contributed by atoms with Gasteiger partial charge in [0.15, 0.2) is 28.9 Å². The molecule has 2 saturated heterocycles. The Labute approximate surface area is 192 Å². The minimum absolute atomic E-state index is 0.0708. The fraction of sp³-hybridized carbons (Fsp3) is 0.435. The van der Waals surface area contributed by atoms with Crippen LogP contribution in [0, 0.1) is 23.3 Å². The number of rotatable bonds is 3. The summed E-state index contributed by atoms with van der Waals surface area (Å²) in [6, 6.07) is 1.92. The second-order valence-corrected chi connectivity index (χ2v) is 8.72. The first-order valence-electron chi connectivity index (χ1n) is 11.2. The van der Waals surface area contributed by atoms with Gasteiger partial charge in [0.2, 0.25) is 0 Å². The lowest BCUT2D eigenvalue weighted by atomic mass is 9.89. The summed E-state index contributed by atoms with van der Waals surface area (Å²) in [4.78, 5) is 26.6. The van der Waals surface area contributed by atoms with Gasteiger partial charge in [-0.1, -0.05) is 0 Å². The molecule has 180 valence electrons. The van der Waals surface area contributed by atoms with Crippen molar-refractivity contribution in [3.05, 3.63) is 52.5 Å². The van der Waals surface area contributed by atoms with Crippen molar-refractivity contribution in [3.8, 4) is 0 Å². The van der Waals surface area contributed by atoms with E-state index in [0.717, 1.165) is 29.7 Å². The van der Waals surface area contributed by atoms with Gasteiger partial charge >= 0.3 is 0 Å². The van der Waals surface area contributed by atoms with E-state index in [0.29, 0.717) is 31.7 Å². The molecule has 2 aliphatic rings. The highest BCUT2D eigenvalue weighted by Gasteiger charge is 2.33. The summed E-state index contributed by atoms with van der Waals surface area (Å²) in [5.41, 5.74) is 5.91. The van der Waals surface area contributed by atoms with Crippen molar-refractivity contribution in [1.82, 2.24) is 19.9 Å². The van der Waals surface area contributed by atoms with Crippen LogP contribution in [0.2, 0.25) is 0 Å². The normalized spacial score (nSPS) is 18.1. The summed E-state index contributed by atoms with van der Waals surface area (Å²) >= 11 is 0. The van der Waals surface area contributed by atoms with E-state index in [1.54, 1.807) is 6.20 Å². The van der Waals surface area contributed by atoms with Gasteiger partial charge in [-0.05, 0) is 43.2 Å². The first-order valence-corrected chi connectivity index (χ1v) is 11.2. The molecule has 0 aliphatic carbocycles. The maximum atomic E-state index is 14.2. The number of aromatic amines is 1. The average molecular weight is 477 g/mol. The number of amides is 1. The smallest absolute Gasteiger partial charge is 0.259 e. The van der Waals surface area contributed by atoms with Gasteiger partial charge < -0.3 is 20.4 Å². The van der Waals surface area contributed by atoms with Gasteiger partial charge in [-0.3, -0.25) is 4.79 Å². The number of fused-ring (bicyclic) bond motifs is 1. The van der Waals surface area contributed by atoms with Gasteiger partial charge in [0.25, 0.3) is 5.91 Å². The van der Waals surface area contributed by atoms with E-state index in [2.05, 4.69) is 15.0 Å². The van der Waals surface area contributed by atoms with E-state index in [-0.39, 0.29) is 24.9 Å². The summed E-state index contributed by atoms with van der Waals surface area (Å²) in [5.74, 6) is -7.36. The first kappa shape index (κ1) is 22.6. The van der Waals surface area contributed by atoms with Gasteiger partial charge in [-0.15, -0.1) is 0 Å². The van der Waals surface area contributed by atoms with Crippen molar-refractivity contribution in [2.75, 3.05) is 32.0 Å². The van der Waals surface area contributed by atoms with Crippen molar-refractivity contribution >= 4 is 22.8 Å². The van der Waals surface area contributed by atoms with Gasteiger partial charge in [-0.2, -0.15) is 0 Å². The molecule has 2 aromatic heterocycles. The number of carbonyl (C=O) groups excluding carboxylic acids is 1. The minimum atomic E-state index is -2.05. The standard InChI is InChI=1S/C23H23F4N5O2/c24-15-14(19(28)18(27)17(26)16(15)25)23(33)32-7-2-11(3-8-32)13-1-6-29-22-20(13)30-21(31-22)12-4-9-34-10-5-12/h1,6,11-12H,2-5,7-10,28H2,(H,29,30,31). The molecule has 0 atom stereocenters. The largest absolute Gasteiger partial charge is 0.396 e. The topological polar surface area (TPSA) is 97.1 Å². The molecule has 1 amide bonds. The Morgan fingerprint density at radius 2 is 1.68 bits per heavy atom. The van der Waals surface area contributed by atoms with Crippen molar-refractivity contribution < 1.29 is 27.1 Å². The van der Waals surface area contributed by atoms with Crippen molar-refractivity contribution in [2.45, 2.75) is 37.5 Å². The maximum absolute atomic E-state index is 14.2. The van der Waals surface area contributed by atoms with E-state index in [1.807, 2.05) is 6.07 Å². The van der Waals surface area contributed by atoms with Crippen molar-refractivity contribution in [3.63, 3.8) is 0 Å². The zero-order valence-corrected chi connectivity index (χ0v) is 18.2. The molecule has 7 nitrogen and oxygen atoms in total. The second kappa shape index (κ2) is 8.86. The number of nitrogen functional groups attached to an aromatic ring is 1. The molecule has 5 rings (SSSR count). The number of anilines is 1. The van der Waals surface area contributed by atoms with E-state index in [1.165, 1.54) is 4.90 Å². The minimum Gasteiger partial charge on any atom is -0.396 e. The van der Waals surface area contributed by atoms with Gasteiger partial charge in [-0.25, -0.2) is 27.5 Å². The molecule has 2 aliphatic heterocycles. The van der Waals surface area contributed by atoms with Gasteiger partial charge in [0.1, 0.15) is 11.4 Å². The number of aromatic nitrogens is 3. The third-order valence-electron chi connectivity index (χ3n) is 6.79. The Morgan fingerprint density at radius 1 is 1.00 bits per heavy atom. The molecule has 0 spiro atoms. The first-order chi connectivity index (χ1) is 16.4. The molecule has 4 heterocycles. The quantitative estimate of drug-likeness (QED) is 0.257. The number of hydrogen-bond donors (Lipinski definition) is 2. The van der Waals surface area contributed by atoms with E-state index >= 15 is 0 Å². The summed E-state index contributed by atoms with van der Waals surface area (Å²) < 4.78 is 60.6. The van der Waals surface area contributed by atoms with Crippen LogP contribution in [0.3, 0.4) is 0 Å². The average Bonchev–Trinajstić information content (AvgIpc) is 3.32. The molecule has 11 heteroatoms. The lowest BCUT2D eigenvalue weighted by Crippen LogP contribution is -2.39. The summed E-state index contributed by atoms with van der Waals surface area (Å²) in [7, 11) is 0. The number of likely N-dealkylation sites (tertiary alicyclic amines) is 1. The van der Waals surface area contributed by atoms with Gasteiger partial charge in [0.05, 0.1) is 11.2 Å². The highest BCUT2D eigenvalue weighted by Crippen LogP contribution is 2.35. The lowest BCUT2D eigenvalue weighted by Gasteiger charge is -2.32. The third-order valence-corrected chi connectivity index (χ3v) is 6.79. The number of benzene rings is 1. The van der Waals surface area contributed by atoms with E-state index < -0.39 is 40.4 Å². The number of H-pyrrole nitrogens is 1. The summed E-state index contributed by atoms with van der Waals surface area (Å²) in [6.45, 7) is 1.82. The Balaban J connectivity index is 1.35. The second-order valence-electron chi connectivity index (χ2n) is 8.72. The van der Waals surface area contributed by atoms with Crippen LogP contribution in [-0.4, -0.2) is 52.1 Å². The number of nitrogens with two attached hydrogens (primary N) is 1. The molecule has 1 aromatic carbocycles. The van der Waals surface area contributed by atoms with Crippen LogP contribution in [0.4, 0.5) is 23.2 Å². The van der Waals surface area contributed by atoms with E-state index in [4.69, 9.17) is 10.5 Å². The van der Waals surface area contributed by atoms with Crippen LogP contribution in [0.5, 0.6) is 0 Å². The molecule has 0 saturated carbocycles. The molecule has 3 aromatic rings. The number of halogens is 4. The van der Waals surface area contributed by atoms with Crippen LogP contribution in [-0.2, 0) is 4.74 Å². The fourth-order valence-electron chi connectivity index (χ4n) is 4.86. The molecule has 34 heavy (non-hydrogen) atoms. The molecule has 0 radical (unpaired) electrons. The van der Waals surface area contributed by atoms with Gasteiger partial charge in [0, 0.05) is 38.4 Å². The molecular formula is C23H23F4N5O2. The predicted octanol–water partition coefficient (Wildman–Crippen LogP) is 4.01. The monoisotopic (exact) mass is 477 g/mol. The zero-order chi connectivity index (χ0) is 24.0. The lowest BCUT2D eigenvalue weighted by molar-refractivity contribution is 0.0707. The number of ether oxygens (including phenoxy) is 1. The number of nitrogens with one attached hydrogen (secondary N) is 1. The Hall–Kier alpha value is -3.21. The number of pyridine rings is 1. The zero-order valence-electron chi connectivity index (χ0n) is 18.2. The summed E-state index contributed by atoms with van der Waals surface area (Å²) in [5, 5.41) is 0. The number of hydrogen-bond acceptors (Lipinski definition) is 5. The Kier molecular flexibility index (Phi) is 5.88. The Morgan fingerprint density at radius 3 is 2.38 bits per heavy atom. The van der Waals surface area contributed by atoms with Crippen LogP contribution < -0.4 is 5.73 Å². The molecule has 0 bridgehead atoms. The number of imidazole rings is 1. The highest BCUT2D eigenvalue weighted by atomic mass is 19.2. The molecule has 3 N–H and O–H groups in total. The third kappa shape index (κ3) is 3.77. The van der Waals surface area contributed by atoms with E-state index in [9.17, 15) is 22.4 Å². The van der Waals surface area contributed by atoms with Crippen LogP contribution in [0.25, 0.3) is 11.2 Å². The summed E-state index contributed by atoms with van der Waals surface area (Å²) in [6.07, 6.45) is 4.54. The number of nitrogens with zero attached hydrogens (tertiary/aromatic N) is 3. The van der Waals surface area contributed by atoms with Crippen molar-refractivity contribution in [1.29, 1.82) is 0 Å². The highest BCUT2D eigenvalue weighted by molar-refractivity contribution is 5.99. The van der Waals surface area contributed by atoms with Crippen LogP contribution in [0.15, 0.2) is 12.3 Å². The van der Waals surface area contributed by atoms with Crippen molar-refractivity contribution in [2.24, 2.45) is 0 Å². The molecule has 2 fully saturated rings. The van der Waals surface area contributed by atoms with Crippen LogP contribution in [0.1, 0.15) is 59.3 Å². The molecular weight excluding hydrogens is 454 g/mol. The Bertz CT molecular complexity index is 1220. The maximum Gasteiger partial charge on any atom is 0.259 e. The van der Waals surface area contributed by atoms with Crippen LogP contribution >= 0.6 is 0 Å². The predicted molar refractivity (Wildman–Crippen MR) is 115 cm³/mol. The molecule has 0 unspecified atom stereocenters.